The number of esters is 1. The Labute approximate surface area is 191 Å². The number of halogens is 1. The Morgan fingerprint density at radius 3 is 2.53 bits per heavy atom. The van der Waals surface area contributed by atoms with Crippen LogP contribution in [0, 0.1) is 0 Å². The molecule has 1 N–H and O–H groups in total. The maximum absolute atomic E-state index is 12.8. The summed E-state index contributed by atoms with van der Waals surface area (Å²) in [5, 5.41) is 3.06. The molecule has 0 saturated carbocycles. The lowest BCUT2D eigenvalue weighted by atomic mass is 10.1. The number of guanidine groups is 1. The molecular weight excluding hydrogens is 436 g/mol. The third-order valence-corrected chi connectivity index (χ3v) is 6.17. The molecule has 3 amide bonds. The number of nitrogens with one attached hydrogen (secondary N) is 1. The highest BCUT2D eigenvalue weighted by atomic mass is 35.5. The van der Waals surface area contributed by atoms with Crippen molar-refractivity contribution in [2.45, 2.75) is 25.7 Å². The summed E-state index contributed by atoms with van der Waals surface area (Å²) in [6.07, 6.45) is -0.587. The molecule has 0 aromatic heterocycles. The van der Waals surface area contributed by atoms with Crippen LogP contribution in [-0.4, -0.2) is 102 Å². The molecular formula is C21H27ClN6O4. The average molecular weight is 463 g/mol. The highest BCUT2D eigenvalue weighted by molar-refractivity contribution is 6.30. The summed E-state index contributed by atoms with van der Waals surface area (Å²) in [7, 11) is 1.64. The van der Waals surface area contributed by atoms with E-state index < -0.39 is 18.2 Å². The predicted molar refractivity (Wildman–Crippen MR) is 118 cm³/mol. The van der Waals surface area contributed by atoms with Gasteiger partial charge in [0.15, 0.2) is 18.2 Å². The second kappa shape index (κ2) is 9.33. The van der Waals surface area contributed by atoms with E-state index in [1.54, 1.807) is 14.0 Å². The fraction of sp³-hybridized carbons (Fsp3) is 0.524. The lowest BCUT2D eigenvalue weighted by Crippen LogP contribution is -2.64. The van der Waals surface area contributed by atoms with Gasteiger partial charge in [-0.2, -0.15) is 0 Å². The first-order valence-corrected chi connectivity index (χ1v) is 11.0. The van der Waals surface area contributed by atoms with E-state index in [9.17, 15) is 14.4 Å². The average Bonchev–Trinajstić information content (AvgIpc) is 3.14. The van der Waals surface area contributed by atoms with Crippen LogP contribution in [0.25, 0.3) is 0 Å². The largest absolute Gasteiger partial charge is 0.465 e. The van der Waals surface area contributed by atoms with Crippen LogP contribution in [-0.2, 0) is 20.9 Å². The van der Waals surface area contributed by atoms with Crippen LogP contribution >= 0.6 is 11.6 Å². The van der Waals surface area contributed by atoms with Crippen molar-refractivity contribution in [1.29, 1.82) is 0 Å². The summed E-state index contributed by atoms with van der Waals surface area (Å²) in [6.45, 7) is 5.50. The Hall–Kier alpha value is -2.85. The standard InChI is InChI=1S/C21H27ClN6O4/c1-3-32-16(29)13-26-8-10-27(11-9-26)20-23-18-17(19(30)24-21(31)25(18)2)28(20)12-14-4-6-15(22)7-5-14/h4-7,17-18H,3,8-13H2,1-2H3,(H,24,30,31). The zero-order valence-electron chi connectivity index (χ0n) is 18.2. The van der Waals surface area contributed by atoms with Gasteiger partial charge in [0.05, 0.1) is 13.2 Å². The fourth-order valence-electron chi connectivity index (χ4n) is 4.23. The molecule has 0 spiro atoms. The van der Waals surface area contributed by atoms with Crippen molar-refractivity contribution in [1.82, 2.24) is 24.9 Å². The van der Waals surface area contributed by atoms with E-state index in [-0.39, 0.29) is 18.4 Å². The number of hydrogen-bond acceptors (Lipinski definition) is 8. The molecule has 3 aliphatic heterocycles. The highest BCUT2D eigenvalue weighted by Crippen LogP contribution is 2.28. The van der Waals surface area contributed by atoms with Gasteiger partial charge in [-0.1, -0.05) is 23.7 Å². The summed E-state index contributed by atoms with van der Waals surface area (Å²) < 4.78 is 5.04. The molecule has 2 unspecified atom stereocenters. The number of amides is 3. The van der Waals surface area contributed by atoms with E-state index in [2.05, 4.69) is 10.2 Å². The van der Waals surface area contributed by atoms with Gasteiger partial charge in [-0.05, 0) is 24.6 Å². The first kappa shape index (κ1) is 22.3. The van der Waals surface area contributed by atoms with Crippen LogP contribution in [0.5, 0.6) is 0 Å². The first-order chi connectivity index (χ1) is 15.4. The van der Waals surface area contributed by atoms with Crippen LogP contribution in [0.4, 0.5) is 4.79 Å². The Kier molecular flexibility index (Phi) is 6.52. The predicted octanol–water partition coefficient (Wildman–Crippen LogP) is 0.569. The molecule has 4 rings (SSSR count). The Morgan fingerprint density at radius 2 is 1.88 bits per heavy atom. The maximum atomic E-state index is 12.8. The molecule has 2 atom stereocenters. The SMILES string of the molecule is CCOC(=O)CN1CCN(C2=NC3C(C(=O)NC(=O)N3C)N2Cc2ccc(Cl)cc2)CC1. The van der Waals surface area contributed by atoms with Crippen molar-refractivity contribution in [2.24, 2.45) is 4.99 Å². The number of piperazine rings is 1. The number of imide groups is 1. The number of fused-ring (bicyclic) bond motifs is 1. The summed E-state index contributed by atoms with van der Waals surface area (Å²) >= 11 is 6.03. The molecule has 0 bridgehead atoms. The molecule has 10 nitrogen and oxygen atoms in total. The topological polar surface area (TPSA) is 97.8 Å². The van der Waals surface area contributed by atoms with Crippen molar-refractivity contribution in [2.75, 3.05) is 46.4 Å². The number of aliphatic imine (C=N–C) groups is 1. The van der Waals surface area contributed by atoms with E-state index in [0.29, 0.717) is 50.3 Å². The lowest BCUT2D eigenvalue weighted by molar-refractivity contribution is -0.144. The van der Waals surface area contributed by atoms with E-state index in [1.165, 1.54) is 4.90 Å². The van der Waals surface area contributed by atoms with Crippen LogP contribution in [0.1, 0.15) is 12.5 Å². The molecule has 0 radical (unpaired) electrons. The first-order valence-electron chi connectivity index (χ1n) is 10.7. The molecule has 1 aromatic rings. The van der Waals surface area contributed by atoms with Gasteiger partial charge < -0.3 is 19.4 Å². The lowest BCUT2D eigenvalue weighted by Gasteiger charge is -2.40. The molecule has 11 heteroatoms. The fourth-order valence-corrected chi connectivity index (χ4v) is 4.35. The van der Waals surface area contributed by atoms with Gasteiger partial charge in [-0.15, -0.1) is 0 Å². The Bertz CT molecular complexity index is 915. The normalized spacial score (nSPS) is 23.7. The molecule has 0 aliphatic carbocycles. The Balaban J connectivity index is 1.53. The van der Waals surface area contributed by atoms with Crippen LogP contribution in [0.15, 0.2) is 29.3 Å². The molecule has 3 aliphatic rings. The third kappa shape index (κ3) is 4.51. The van der Waals surface area contributed by atoms with Crippen LogP contribution in [0.2, 0.25) is 5.02 Å². The maximum Gasteiger partial charge on any atom is 0.325 e. The van der Waals surface area contributed by atoms with E-state index >= 15 is 0 Å². The minimum absolute atomic E-state index is 0.230. The van der Waals surface area contributed by atoms with Crippen molar-refractivity contribution in [3.05, 3.63) is 34.9 Å². The number of hydrogen-bond donors (Lipinski definition) is 1. The monoisotopic (exact) mass is 462 g/mol. The number of carbonyl (C=O) groups is 3. The number of rotatable bonds is 5. The molecule has 1 aromatic carbocycles. The molecule has 2 fully saturated rings. The van der Waals surface area contributed by atoms with Gasteiger partial charge in [0.2, 0.25) is 0 Å². The number of carbonyl (C=O) groups excluding carboxylic acids is 3. The quantitative estimate of drug-likeness (QED) is 0.639. The zero-order valence-corrected chi connectivity index (χ0v) is 18.9. The smallest absolute Gasteiger partial charge is 0.325 e. The zero-order chi connectivity index (χ0) is 22.8. The number of nitrogens with zero attached hydrogens (tertiary/aromatic N) is 5. The molecule has 3 heterocycles. The van der Waals surface area contributed by atoms with Gasteiger partial charge in [0, 0.05) is 44.8 Å². The molecule has 172 valence electrons. The number of likely N-dealkylation sites (N-methyl/N-ethyl adjacent to an activating group) is 1. The van der Waals surface area contributed by atoms with Gasteiger partial charge >= 0.3 is 12.0 Å². The minimum Gasteiger partial charge on any atom is -0.465 e. The number of urea groups is 1. The van der Waals surface area contributed by atoms with Crippen molar-refractivity contribution >= 4 is 35.5 Å². The summed E-state index contributed by atoms with van der Waals surface area (Å²) in [5.74, 6) is 0.0977. The second-order valence-electron chi connectivity index (χ2n) is 8.02. The van der Waals surface area contributed by atoms with Crippen molar-refractivity contribution < 1.29 is 19.1 Å². The van der Waals surface area contributed by atoms with Crippen molar-refractivity contribution in [3.63, 3.8) is 0 Å². The highest BCUT2D eigenvalue weighted by Gasteiger charge is 2.49. The summed E-state index contributed by atoms with van der Waals surface area (Å²) in [5.41, 5.74) is 0.982. The van der Waals surface area contributed by atoms with Gasteiger partial charge in [0.25, 0.3) is 5.91 Å². The van der Waals surface area contributed by atoms with Gasteiger partial charge in [0.1, 0.15) is 0 Å². The van der Waals surface area contributed by atoms with Crippen LogP contribution in [0.3, 0.4) is 0 Å². The summed E-state index contributed by atoms with van der Waals surface area (Å²) in [6, 6.07) is 6.39. The van der Waals surface area contributed by atoms with Gasteiger partial charge in [-0.3, -0.25) is 19.8 Å². The molecule has 32 heavy (non-hydrogen) atoms. The number of benzene rings is 1. The van der Waals surface area contributed by atoms with E-state index in [0.717, 1.165) is 5.56 Å². The van der Waals surface area contributed by atoms with Crippen LogP contribution < -0.4 is 5.32 Å². The second-order valence-corrected chi connectivity index (χ2v) is 8.45. The van der Waals surface area contributed by atoms with E-state index in [4.69, 9.17) is 21.3 Å². The van der Waals surface area contributed by atoms with E-state index in [1.807, 2.05) is 34.1 Å². The van der Waals surface area contributed by atoms with Crippen molar-refractivity contribution in [3.8, 4) is 0 Å². The van der Waals surface area contributed by atoms with Gasteiger partial charge in [-0.25, -0.2) is 9.79 Å². The Morgan fingerprint density at radius 1 is 1.19 bits per heavy atom. The minimum atomic E-state index is -0.610. The summed E-state index contributed by atoms with van der Waals surface area (Å²) in [4.78, 5) is 49.1. The molecule has 2 saturated heterocycles. The third-order valence-electron chi connectivity index (χ3n) is 5.92. The number of ether oxygens (including phenoxy) is 1.